The molecule has 1 amide bonds. The number of hydrogen-bond donors (Lipinski definition) is 1. The van der Waals surface area contributed by atoms with E-state index in [9.17, 15) is 9.18 Å². The van der Waals surface area contributed by atoms with Gasteiger partial charge < -0.3 is 14.7 Å². The molecule has 0 radical (unpaired) electrons. The molecule has 0 spiro atoms. The standard InChI is InChI=1S/C16H23FN2O3/c1-13-2-3-14(12-15(13)17)16(21)19(6-9-20)5-4-18-7-10-22-11-8-18/h2-3,12,20H,4-11H2,1H3. The Morgan fingerprint density at radius 1 is 1.36 bits per heavy atom. The number of ether oxygens (including phenoxy) is 1. The summed E-state index contributed by atoms with van der Waals surface area (Å²) in [4.78, 5) is 16.3. The molecular weight excluding hydrogens is 287 g/mol. The molecule has 22 heavy (non-hydrogen) atoms. The van der Waals surface area contributed by atoms with Gasteiger partial charge in [0.25, 0.3) is 5.91 Å². The summed E-state index contributed by atoms with van der Waals surface area (Å²) >= 11 is 0. The monoisotopic (exact) mass is 310 g/mol. The summed E-state index contributed by atoms with van der Waals surface area (Å²) in [6.45, 7) is 6.14. The van der Waals surface area contributed by atoms with Crippen molar-refractivity contribution in [1.82, 2.24) is 9.80 Å². The highest BCUT2D eigenvalue weighted by molar-refractivity contribution is 5.94. The van der Waals surface area contributed by atoms with E-state index >= 15 is 0 Å². The molecule has 0 saturated carbocycles. The highest BCUT2D eigenvalue weighted by Gasteiger charge is 2.18. The van der Waals surface area contributed by atoms with Gasteiger partial charge >= 0.3 is 0 Å². The molecule has 122 valence electrons. The van der Waals surface area contributed by atoms with Crippen molar-refractivity contribution in [2.24, 2.45) is 0 Å². The van der Waals surface area contributed by atoms with Crippen molar-refractivity contribution in [3.63, 3.8) is 0 Å². The average molecular weight is 310 g/mol. The van der Waals surface area contributed by atoms with Crippen molar-refractivity contribution in [3.05, 3.63) is 35.1 Å². The molecule has 0 atom stereocenters. The zero-order valence-electron chi connectivity index (χ0n) is 12.9. The summed E-state index contributed by atoms with van der Waals surface area (Å²) in [7, 11) is 0. The van der Waals surface area contributed by atoms with Crippen LogP contribution in [-0.2, 0) is 4.74 Å². The Morgan fingerprint density at radius 3 is 2.73 bits per heavy atom. The molecule has 2 rings (SSSR count). The van der Waals surface area contributed by atoms with Crippen LogP contribution in [0.15, 0.2) is 18.2 Å². The van der Waals surface area contributed by atoms with Crippen LogP contribution in [-0.4, -0.2) is 73.4 Å². The molecular formula is C16H23FN2O3. The lowest BCUT2D eigenvalue weighted by atomic mass is 10.1. The molecule has 0 aromatic heterocycles. The number of nitrogens with zero attached hydrogens (tertiary/aromatic N) is 2. The van der Waals surface area contributed by atoms with Crippen LogP contribution in [0.4, 0.5) is 4.39 Å². The van der Waals surface area contributed by atoms with E-state index in [-0.39, 0.29) is 24.9 Å². The van der Waals surface area contributed by atoms with Gasteiger partial charge in [0.15, 0.2) is 0 Å². The van der Waals surface area contributed by atoms with E-state index in [1.807, 2.05) is 0 Å². The summed E-state index contributed by atoms with van der Waals surface area (Å²) in [5, 5.41) is 9.17. The SMILES string of the molecule is Cc1ccc(C(=O)N(CCO)CCN2CCOCC2)cc1F. The minimum absolute atomic E-state index is 0.108. The summed E-state index contributed by atoms with van der Waals surface area (Å²) in [5.74, 6) is -0.635. The Bertz CT molecular complexity index is 504. The maximum absolute atomic E-state index is 13.6. The lowest BCUT2D eigenvalue weighted by Gasteiger charge is -2.30. The molecule has 0 unspecified atom stereocenters. The molecule has 1 fully saturated rings. The lowest BCUT2D eigenvalue weighted by Crippen LogP contribution is -2.43. The lowest BCUT2D eigenvalue weighted by molar-refractivity contribution is 0.0315. The van der Waals surface area contributed by atoms with Gasteiger partial charge in [0.1, 0.15) is 5.82 Å². The molecule has 1 N–H and O–H groups in total. The second-order valence-corrected chi connectivity index (χ2v) is 5.43. The van der Waals surface area contributed by atoms with Crippen molar-refractivity contribution >= 4 is 5.91 Å². The van der Waals surface area contributed by atoms with Crippen LogP contribution in [0.2, 0.25) is 0 Å². The number of aryl methyl sites for hydroxylation is 1. The molecule has 5 nitrogen and oxygen atoms in total. The second-order valence-electron chi connectivity index (χ2n) is 5.43. The van der Waals surface area contributed by atoms with Gasteiger partial charge in [-0.05, 0) is 24.6 Å². The minimum Gasteiger partial charge on any atom is -0.395 e. The molecule has 1 heterocycles. The van der Waals surface area contributed by atoms with Gasteiger partial charge in [-0.1, -0.05) is 6.07 Å². The number of hydrogen-bond acceptors (Lipinski definition) is 4. The summed E-state index contributed by atoms with van der Waals surface area (Å²) in [5.41, 5.74) is 0.831. The third-order valence-corrected chi connectivity index (χ3v) is 3.87. The largest absolute Gasteiger partial charge is 0.395 e. The number of rotatable bonds is 6. The zero-order valence-corrected chi connectivity index (χ0v) is 12.9. The topological polar surface area (TPSA) is 53.0 Å². The van der Waals surface area contributed by atoms with Gasteiger partial charge in [-0.25, -0.2) is 4.39 Å². The van der Waals surface area contributed by atoms with Crippen LogP contribution in [0.25, 0.3) is 0 Å². The Balaban J connectivity index is 1.99. The van der Waals surface area contributed by atoms with E-state index in [2.05, 4.69) is 4.90 Å². The number of aliphatic hydroxyl groups excluding tert-OH is 1. The Kier molecular flexibility index (Phi) is 6.30. The molecule has 0 aliphatic carbocycles. The normalized spacial score (nSPS) is 15.8. The smallest absolute Gasteiger partial charge is 0.254 e. The van der Waals surface area contributed by atoms with Crippen LogP contribution in [0.3, 0.4) is 0 Å². The predicted octanol–water partition coefficient (Wildman–Crippen LogP) is 0.901. The molecule has 1 saturated heterocycles. The zero-order chi connectivity index (χ0) is 15.9. The van der Waals surface area contributed by atoms with Gasteiger partial charge in [-0.3, -0.25) is 9.69 Å². The van der Waals surface area contributed by atoms with E-state index in [1.165, 1.54) is 6.07 Å². The fourth-order valence-corrected chi connectivity index (χ4v) is 2.43. The van der Waals surface area contributed by atoms with Gasteiger partial charge in [0, 0.05) is 38.3 Å². The molecule has 1 aliphatic rings. The van der Waals surface area contributed by atoms with Crippen molar-refractivity contribution in [3.8, 4) is 0 Å². The first-order valence-electron chi connectivity index (χ1n) is 7.58. The molecule has 0 bridgehead atoms. The van der Waals surface area contributed by atoms with Crippen LogP contribution in [0, 0.1) is 12.7 Å². The van der Waals surface area contributed by atoms with Crippen molar-refractivity contribution in [2.75, 3.05) is 52.5 Å². The van der Waals surface area contributed by atoms with E-state index in [4.69, 9.17) is 9.84 Å². The van der Waals surface area contributed by atoms with Crippen molar-refractivity contribution in [1.29, 1.82) is 0 Å². The number of morpholine rings is 1. The number of carbonyl (C=O) groups is 1. The average Bonchev–Trinajstić information content (AvgIpc) is 2.54. The molecule has 1 aliphatic heterocycles. The Labute approximate surface area is 130 Å². The van der Waals surface area contributed by atoms with E-state index in [1.54, 1.807) is 24.0 Å². The fraction of sp³-hybridized carbons (Fsp3) is 0.562. The highest BCUT2D eigenvalue weighted by atomic mass is 19.1. The Morgan fingerprint density at radius 2 is 2.09 bits per heavy atom. The van der Waals surface area contributed by atoms with Crippen LogP contribution in [0.5, 0.6) is 0 Å². The first kappa shape index (κ1) is 16.9. The number of carbonyl (C=O) groups excluding carboxylic acids is 1. The highest BCUT2D eigenvalue weighted by Crippen LogP contribution is 2.12. The van der Waals surface area contributed by atoms with Gasteiger partial charge in [-0.2, -0.15) is 0 Å². The maximum atomic E-state index is 13.6. The number of amides is 1. The van der Waals surface area contributed by atoms with Crippen molar-refractivity contribution < 1.29 is 19.0 Å². The summed E-state index contributed by atoms with van der Waals surface area (Å²) < 4.78 is 18.9. The van der Waals surface area contributed by atoms with Crippen molar-refractivity contribution in [2.45, 2.75) is 6.92 Å². The summed E-state index contributed by atoms with van der Waals surface area (Å²) in [6, 6.07) is 4.48. The first-order valence-corrected chi connectivity index (χ1v) is 7.58. The number of benzene rings is 1. The first-order chi connectivity index (χ1) is 10.6. The van der Waals surface area contributed by atoms with E-state index in [0.29, 0.717) is 30.9 Å². The van der Waals surface area contributed by atoms with Gasteiger partial charge in [-0.15, -0.1) is 0 Å². The second kappa shape index (κ2) is 8.22. The Hall–Kier alpha value is -1.50. The predicted molar refractivity (Wildman–Crippen MR) is 81.4 cm³/mol. The van der Waals surface area contributed by atoms with Gasteiger partial charge in [0.2, 0.25) is 0 Å². The third kappa shape index (κ3) is 4.50. The molecule has 1 aromatic carbocycles. The van der Waals surface area contributed by atoms with Gasteiger partial charge in [0.05, 0.1) is 19.8 Å². The summed E-state index contributed by atoms with van der Waals surface area (Å²) in [6.07, 6.45) is 0. The molecule has 6 heteroatoms. The minimum atomic E-state index is -0.386. The van der Waals surface area contributed by atoms with Crippen LogP contribution < -0.4 is 0 Å². The van der Waals surface area contributed by atoms with E-state index < -0.39 is 0 Å². The van der Waals surface area contributed by atoms with E-state index in [0.717, 1.165) is 19.6 Å². The van der Waals surface area contributed by atoms with Crippen LogP contribution in [0.1, 0.15) is 15.9 Å². The third-order valence-electron chi connectivity index (χ3n) is 3.87. The molecule has 1 aromatic rings. The fourth-order valence-electron chi connectivity index (χ4n) is 2.43. The maximum Gasteiger partial charge on any atom is 0.254 e. The van der Waals surface area contributed by atoms with Crippen LogP contribution >= 0.6 is 0 Å². The number of halogens is 1. The quantitative estimate of drug-likeness (QED) is 0.848. The number of aliphatic hydroxyl groups is 1.